The molecule has 1 aromatic carbocycles. The van der Waals surface area contributed by atoms with Crippen molar-refractivity contribution in [3.8, 4) is 0 Å². The number of benzene rings is 1. The SMILES string of the molecule is Fc1cc(C2CO2)c2cnccc2c1. The molecule has 70 valence electrons. The van der Waals surface area contributed by atoms with Crippen LogP contribution in [-0.2, 0) is 4.74 Å². The Labute approximate surface area is 80.3 Å². The first-order valence-corrected chi connectivity index (χ1v) is 4.49. The zero-order chi connectivity index (χ0) is 9.54. The highest BCUT2D eigenvalue weighted by Gasteiger charge is 2.27. The highest BCUT2D eigenvalue weighted by atomic mass is 19.1. The molecule has 0 bridgehead atoms. The van der Waals surface area contributed by atoms with Crippen LogP contribution >= 0.6 is 0 Å². The lowest BCUT2D eigenvalue weighted by Crippen LogP contribution is -1.87. The third-order valence-electron chi connectivity index (χ3n) is 2.43. The fourth-order valence-electron chi connectivity index (χ4n) is 1.68. The lowest BCUT2D eigenvalue weighted by molar-refractivity contribution is 0.416. The van der Waals surface area contributed by atoms with Crippen LogP contribution in [0.3, 0.4) is 0 Å². The average molecular weight is 189 g/mol. The lowest BCUT2D eigenvalue weighted by atomic mass is 10.0. The van der Waals surface area contributed by atoms with Crippen molar-refractivity contribution in [2.24, 2.45) is 0 Å². The van der Waals surface area contributed by atoms with E-state index in [9.17, 15) is 4.39 Å². The minimum absolute atomic E-state index is 0.0670. The Kier molecular flexibility index (Phi) is 1.55. The molecule has 1 fully saturated rings. The summed E-state index contributed by atoms with van der Waals surface area (Å²) in [5, 5.41) is 1.86. The Morgan fingerprint density at radius 1 is 1.43 bits per heavy atom. The number of halogens is 1. The highest BCUT2D eigenvalue weighted by molar-refractivity contribution is 5.85. The highest BCUT2D eigenvalue weighted by Crippen LogP contribution is 2.35. The number of hydrogen-bond acceptors (Lipinski definition) is 2. The Balaban J connectivity index is 2.34. The van der Waals surface area contributed by atoms with Gasteiger partial charge in [0, 0.05) is 17.8 Å². The fourth-order valence-corrected chi connectivity index (χ4v) is 1.68. The van der Waals surface area contributed by atoms with Crippen molar-refractivity contribution in [1.82, 2.24) is 4.98 Å². The van der Waals surface area contributed by atoms with Crippen LogP contribution in [0.25, 0.3) is 10.8 Å². The molecular formula is C11H8FNO. The van der Waals surface area contributed by atoms with Crippen LogP contribution in [0.4, 0.5) is 4.39 Å². The number of rotatable bonds is 1. The van der Waals surface area contributed by atoms with Crippen LogP contribution in [0, 0.1) is 5.82 Å². The molecule has 1 atom stereocenters. The van der Waals surface area contributed by atoms with E-state index in [4.69, 9.17) is 4.74 Å². The van der Waals surface area contributed by atoms with Gasteiger partial charge >= 0.3 is 0 Å². The second-order valence-corrected chi connectivity index (χ2v) is 3.41. The molecule has 14 heavy (non-hydrogen) atoms. The summed E-state index contributed by atoms with van der Waals surface area (Å²) in [6.07, 6.45) is 3.49. The lowest BCUT2D eigenvalue weighted by Gasteiger charge is -2.03. The molecule has 1 saturated heterocycles. The van der Waals surface area contributed by atoms with Crippen LogP contribution < -0.4 is 0 Å². The van der Waals surface area contributed by atoms with Gasteiger partial charge in [-0.1, -0.05) is 0 Å². The molecule has 3 rings (SSSR count). The van der Waals surface area contributed by atoms with E-state index in [1.165, 1.54) is 12.1 Å². The molecule has 2 nitrogen and oxygen atoms in total. The van der Waals surface area contributed by atoms with Crippen LogP contribution in [0.1, 0.15) is 11.7 Å². The van der Waals surface area contributed by atoms with Gasteiger partial charge in [0.2, 0.25) is 0 Å². The quantitative estimate of drug-likeness (QED) is 0.644. The standard InChI is InChI=1S/C11H8FNO/c12-8-3-7-1-2-13-5-10(7)9(4-8)11-6-14-11/h1-5,11H,6H2. The summed E-state index contributed by atoms with van der Waals surface area (Å²) in [7, 11) is 0. The normalized spacial score (nSPS) is 19.9. The first-order valence-electron chi connectivity index (χ1n) is 4.49. The Hall–Kier alpha value is -1.48. The number of fused-ring (bicyclic) bond motifs is 1. The Morgan fingerprint density at radius 2 is 2.29 bits per heavy atom. The van der Waals surface area contributed by atoms with Crippen LogP contribution in [0.2, 0.25) is 0 Å². The van der Waals surface area contributed by atoms with Gasteiger partial charge in [0.05, 0.1) is 6.61 Å². The molecule has 3 heteroatoms. The molecule has 2 aromatic rings. The van der Waals surface area contributed by atoms with Crippen molar-refractivity contribution in [3.63, 3.8) is 0 Å². The van der Waals surface area contributed by atoms with Gasteiger partial charge in [0.1, 0.15) is 11.9 Å². The van der Waals surface area contributed by atoms with E-state index in [1.807, 2.05) is 6.07 Å². The molecule has 1 aromatic heterocycles. The number of epoxide rings is 1. The Bertz CT molecular complexity index is 494. The van der Waals surface area contributed by atoms with Crippen molar-refractivity contribution in [2.75, 3.05) is 6.61 Å². The smallest absolute Gasteiger partial charge is 0.124 e. The summed E-state index contributed by atoms with van der Waals surface area (Å²) in [6, 6.07) is 4.86. The maximum absolute atomic E-state index is 13.2. The second-order valence-electron chi connectivity index (χ2n) is 3.41. The summed E-state index contributed by atoms with van der Waals surface area (Å²) < 4.78 is 18.4. The molecule has 0 amide bonds. The van der Waals surface area contributed by atoms with E-state index >= 15 is 0 Å². The number of aromatic nitrogens is 1. The summed E-state index contributed by atoms with van der Waals surface area (Å²) >= 11 is 0. The predicted octanol–water partition coefficient (Wildman–Crippen LogP) is 2.45. The first kappa shape index (κ1) is 7.88. The minimum Gasteiger partial charge on any atom is -0.368 e. The topological polar surface area (TPSA) is 25.4 Å². The molecule has 0 spiro atoms. The first-order chi connectivity index (χ1) is 6.84. The van der Waals surface area contributed by atoms with Crippen molar-refractivity contribution >= 4 is 10.8 Å². The molecule has 0 radical (unpaired) electrons. The van der Waals surface area contributed by atoms with Crippen molar-refractivity contribution in [1.29, 1.82) is 0 Å². The van der Waals surface area contributed by atoms with Crippen LogP contribution in [0.15, 0.2) is 30.6 Å². The van der Waals surface area contributed by atoms with Crippen molar-refractivity contribution < 1.29 is 9.13 Å². The van der Waals surface area contributed by atoms with Gasteiger partial charge in [-0.05, 0) is 29.1 Å². The van der Waals surface area contributed by atoms with Crippen molar-refractivity contribution in [2.45, 2.75) is 6.10 Å². The third-order valence-corrected chi connectivity index (χ3v) is 2.43. The largest absolute Gasteiger partial charge is 0.368 e. The molecule has 1 aliphatic rings. The molecule has 0 saturated carbocycles. The number of nitrogens with zero attached hydrogens (tertiary/aromatic N) is 1. The van der Waals surface area contributed by atoms with E-state index in [0.29, 0.717) is 6.61 Å². The minimum atomic E-state index is -0.214. The van der Waals surface area contributed by atoms with E-state index in [-0.39, 0.29) is 11.9 Å². The maximum atomic E-state index is 13.2. The molecule has 0 aliphatic carbocycles. The molecule has 0 N–H and O–H groups in total. The number of ether oxygens (including phenoxy) is 1. The van der Waals surface area contributed by atoms with E-state index in [1.54, 1.807) is 12.4 Å². The van der Waals surface area contributed by atoms with E-state index in [0.717, 1.165) is 16.3 Å². The summed E-state index contributed by atoms with van der Waals surface area (Å²) in [4.78, 5) is 4.04. The zero-order valence-electron chi connectivity index (χ0n) is 7.40. The van der Waals surface area contributed by atoms with E-state index < -0.39 is 0 Å². The van der Waals surface area contributed by atoms with E-state index in [2.05, 4.69) is 4.98 Å². The van der Waals surface area contributed by atoms with Crippen molar-refractivity contribution in [3.05, 3.63) is 42.0 Å². The molecular weight excluding hydrogens is 181 g/mol. The average Bonchev–Trinajstić information content (AvgIpc) is 2.99. The predicted molar refractivity (Wildman–Crippen MR) is 50.4 cm³/mol. The van der Waals surface area contributed by atoms with Gasteiger partial charge in [-0.2, -0.15) is 0 Å². The number of pyridine rings is 1. The monoisotopic (exact) mass is 189 g/mol. The van der Waals surface area contributed by atoms with Gasteiger partial charge in [0.25, 0.3) is 0 Å². The van der Waals surface area contributed by atoms with Gasteiger partial charge in [-0.3, -0.25) is 4.98 Å². The zero-order valence-corrected chi connectivity index (χ0v) is 7.40. The van der Waals surface area contributed by atoms with Gasteiger partial charge in [0.15, 0.2) is 0 Å². The van der Waals surface area contributed by atoms with Crippen LogP contribution in [0.5, 0.6) is 0 Å². The molecule has 2 heterocycles. The van der Waals surface area contributed by atoms with Gasteiger partial charge < -0.3 is 4.74 Å². The van der Waals surface area contributed by atoms with Crippen LogP contribution in [-0.4, -0.2) is 11.6 Å². The Morgan fingerprint density at radius 3 is 3.07 bits per heavy atom. The second kappa shape index (κ2) is 2.75. The van der Waals surface area contributed by atoms with Gasteiger partial charge in [-0.15, -0.1) is 0 Å². The number of hydrogen-bond donors (Lipinski definition) is 0. The summed E-state index contributed by atoms with van der Waals surface area (Å²) in [5.74, 6) is -0.214. The summed E-state index contributed by atoms with van der Waals surface area (Å²) in [5.41, 5.74) is 0.910. The maximum Gasteiger partial charge on any atom is 0.124 e. The molecule has 1 aliphatic heterocycles. The summed E-state index contributed by atoms with van der Waals surface area (Å²) in [6.45, 7) is 0.688. The van der Waals surface area contributed by atoms with Gasteiger partial charge in [-0.25, -0.2) is 4.39 Å². The third kappa shape index (κ3) is 1.17. The fraction of sp³-hybridized carbons (Fsp3) is 0.182. The molecule has 1 unspecified atom stereocenters.